The van der Waals surface area contributed by atoms with E-state index >= 15 is 0 Å². The van der Waals surface area contributed by atoms with Crippen molar-refractivity contribution in [2.24, 2.45) is 11.8 Å². The lowest BCUT2D eigenvalue weighted by Crippen LogP contribution is -2.23. The van der Waals surface area contributed by atoms with Gasteiger partial charge in [-0.25, -0.2) is 0 Å². The standard InChI is InChI=1S/C18H32/c1-7-13-14(8-2)16(10-4)18(12-6)17(11-5)15(13)9-3/h13,18H,7-12H2,1-6H3. The Labute approximate surface area is 115 Å². The van der Waals surface area contributed by atoms with Gasteiger partial charge in [0.1, 0.15) is 0 Å². The third kappa shape index (κ3) is 2.58. The molecule has 1 aliphatic rings. The third-order valence-electron chi connectivity index (χ3n) is 4.85. The molecule has 0 aromatic heterocycles. The molecule has 0 amide bonds. The van der Waals surface area contributed by atoms with Crippen molar-refractivity contribution in [1.82, 2.24) is 0 Å². The van der Waals surface area contributed by atoms with Gasteiger partial charge in [-0.2, -0.15) is 0 Å². The summed E-state index contributed by atoms with van der Waals surface area (Å²) in [6, 6.07) is 0. The molecule has 0 aliphatic heterocycles. The number of hydrogen-bond acceptors (Lipinski definition) is 0. The maximum absolute atomic E-state index is 2.36. The van der Waals surface area contributed by atoms with E-state index < -0.39 is 0 Å². The summed E-state index contributed by atoms with van der Waals surface area (Å²) in [5.74, 6) is 1.51. The number of hydrogen-bond donors (Lipinski definition) is 0. The number of allylic oxidation sites excluding steroid dienone is 4. The van der Waals surface area contributed by atoms with E-state index in [0.29, 0.717) is 0 Å². The van der Waals surface area contributed by atoms with Crippen molar-refractivity contribution < 1.29 is 0 Å². The Hall–Kier alpha value is -0.520. The summed E-state index contributed by atoms with van der Waals surface area (Å²) in [6.45, 7) is 14.1. The Morgan fingerprint density at radius 3 is 0.833 bits per heavy atom. The molecule has 104 valence electrons. The van der Waals surface area contributed by atoms with E-state index in [9.17, 15) is 0 Å². The Morgan fingerprint density at radius 2 is 0.722 bits per heavy atom. The minimum atomic E-state index is 0.757. The van der Waals surface area contributed by atoms with Crippen LogP contribution in [0.2, 0.25) is 0 Å². The molecule has 1 aliphatic carbocycles. The lowest BCUT2D eigenvalue weighted by molar-refractivity contribution is 0.519. The van der Waals surface area contributed by atoms with Gasteiger partial charge in [0, 0.05) is 11.8 Å². The monoisotopic (exact) mass is 248 g/mol. The molecule has 0 unspecified atom stereocenters. The van der Waals surface area contributed by atoms with Gasteiger partial charge in [-0.1, -0.05) is 63.8 Å². The van der Waals surface area contributed by atoms with Crippen LogP contribution in [0.1, 0.15) is 80.1 Å². The second kappa shape index (κ2) is 7.16. The van der Waals surface area contributed by atoms with Crippen LogP contribution in [-0.2, 0) is 0 Å². The molecule has 0 fully saturated rings. The molecule has 18 heavy (non-hydrogen) atoms. The molecule has 1 rings (SSSR count). The lowest BCUT2D eigenvalue weighted by Gasteiger charge is -2.37. The van der Waals surface area contributed by atoms with Crippen LogP contribution in [0.3, 0.4) is 0 Å². The first-order valence-corrected chi connectivity index (χ1v) is 8.13. The predicted octanol–water partition coefficient (Wildman–Crippen LogP) is 6.29. The third-order valence-corrected chi connectivity index (χ3v) is 4.85. The summed E-state index contributed by atoms with van der Waals surface area (Å²) in [5, 5.41) is 0. The second-order valence-electron chi connectivity index (χ2n) is 5.44. The zero-order chi connectivity index (χ0) is 13.7. The Morgan fingerprint density at radius 1 is 0.500 bits per heavy atom. The molecule has 0 spiro atoms. The van der Waals surface area contributed by atoms with Gasteiger partial charge in [-0.15, -0.1) is 0 Å². The molecule has 0 radical (unpaired) electrons. The fraction of sp³-hybridized carbons (Fsp3) is 0.778. The van der Waals surface area contributed by atoms with Gasteiger partial charge in [0.2, 0.25) is 0 Å². The highest BCUT2D eigenvalue weighted by molar-refractivity contribution is 5.40. The molecule has 0 aromatic rings. The van der Waals surface area contributed by atoms with E-state index in [4.69, 9.17) is 0 Å². The predicted molar refractivity (Wildman–Crippen MR) is 82.8 cm³/mol. The maximum atomic E-state index is 2.36. The van der Waals surface area contributed by atoms with E-state index in [0.717, 1.165) is 11.8 Å². The SMILES string of the molecule is CCC1=C(CC)C(CC)C(CC)=C(CC)C1CC. The zero-order valence-electron chi connectivity index (χ0n) is 13.4. The Bertz CT molecular complexity index is 268. The molecule has 0 aromatic carbocycles. The summed E-state index contributed by atoms with van der Waals surface area (Å²) in [5.41, 5.74) is 7.11. The van der Waals surface area contributed by atoms with E-state index in [1.54, 1.807) is 22.3 Å². The molecular formula is C18H32. The van der Waals surface area contributed by atoms with E-state index in [1.807, 2.05) is 0 Å². The molecule has 0 bridgehead atoms. The van der Waals surface area contributed by atoms with Crippen LogP contribution in [0.5, 0.6) is 0 Å². The highest BCUT2D eigenvalue weighted by Crippen LogP contribution is 2.46. The van der Waals surface area contributed by atoms with Gasteiger partial charge >= 0.3 is 0 Å². The van der Waals surface area contributed by atoms with Gasteiger partial charge in [0.15, 0.2) is 0 Å². The zero-order valence-corrected chi connectivity index (χ0v) is 13.4. The van der Waals surface area contributed by atoms with E-state index in [1.165, 1.54) is 38.5 Å². The average Bonchev–Trinajstić information content (AvgIpc) is 2.43. The van der Waals surface area contributed by atoms with Crippen molar-refractivity contribution in [2.45, 2.75) is 80.1 Å². The van der Waals surface area contributed by atoms with Crippen LogP contribution in [-0.4, -0.2) is 0 Å². The van der Waals surface area contributed by atoms with Crippen molar-refractivity contribution in [3.05, 3.63) is 22.3 Å². The first-order valence-electron chi connectivity index (χ1n) is 8.13. The maximum Gasteiger partial charge on any atom is 0.000989 e. The molecular weight excluding hydrogens is 216 g/mol. The first-order chi connectivity index (χ1) is 8.69. The Kier molecular flexibility index (Phi) is 6.18. The molecule has 0 heterocycles. The van der Waals surface area contributed by atoms with Gasteiger partial charge in [-0.3, -0.25) is 0 Å². The van der Waals surface area contributed by atoms with Crippen molar-refractivity contribution >= 4 is 0 Å². The lowest BCUT2D eigenvalue weighted by atomic mass is 9.68. The minimum absolute atomic E-state index is 0.757. The topological polar surface area (TPSA) is 0 Å². The van der Waals surface area contributed by atoms with Crippen LogP contribution in [0.25, 0.3) is 0 Å². The van der Waals surface area contributed by atoms with Crippen LogP contribution < -0.4 is 0 Å². The largest absolute Gasteiger partial charge is 0.0645 e. The van der Waals surface area contributed by atoms with Gasteiger partial charge in [0.05, 0.1) is 0 Å². The minimum Gasteiger partial charge on any atom is -0.0645 e. The van der Waals surface area contributed by atoms with Crippen LogP contribution >= 0.6 is 0 Å². The second-order valence-corrected chi connectivity index (χ2v) is 5.44. The van der Waals surface area contributed by atoms with Crippen molar-refractivity contribution in [2.75, 3.05) is 0 Å². The Balaban J connectivity index is 3.35. The smallest absolute Gasteiger partial charge is 0.000989 e. The van der Waals surface area contributed by atoms with Gasteiger partial charge in [0.25, 0.3) is 0 Å². The van der Waals surface area contributed by atoms with Crippen molar-refractivity contribution in [3.8, 4) is 0 Å². The van der Waals surface area contributed by atoms with E-state index in [-0.39, 0.29) is 0 Å². The van der Waals surface area contributed by atoms with Crippen molar-refractivity contribution in [1.29, 1.82) is 0 Å². The summed E-state index contributed by atoms with van der Waals surface area (Å²) in [4.78, 5) is 0. The summed E-state index contributed by atoms with van der Waals surface area (Å²) < 4.78 is 0. The van der Waals surface area contributed by atoms with Crippen LogP contribution in [0.15, 0.2) is 22.3 Å². The molecule has 0 saturated carbocycles. The first kappa shape index (κ1) is 15.5. The molecule has 0 nitrogen and oxygen atoms in total. The quantitative estimate of drug-likeness (QED) is 0.485. The molecule has 0 atom stereocenters. The fourth-order valence-corrected chi connectivity index (χ4v) is 4.20. The van der Waals surface area contributed by atoms with Crippen molar-refractivity contribution in [3.63, 3.8) is 0 Å². The molecule has 0 saturated heterocycles. The summed E-state index contributed by atoms with van der Waals surface area (Å²) in [7, 11) is 0. The molecule has 0 N–H and O–H groups in total. The van der Waals surface area contributed by atoms with Gasteiger partial charge < -0.3 is 0 Å². The summed E-state index contributed by atoms with van der Waals surface area (Å²) >= 11 is 0. The highest BCUT2D eigenvalue weighted by Gasteiger charge is 2.31. The highest BCUT2D eigenvalue weighted by atomic mass is 14.4. The van der Waals surface area contributed by atoms with Crippen LogP contribution in [0, 0.1) is 11.8 Å². The summed E-state index contributed by atoms with van der Waals surface area (Å²) in [6.07, 6.45) is 7.57. The number of rotatable bonds is 6. The fourth-order valence-electron chi connectivity index (χ4n) is 4.20. The average molecular weight is 248 g/mol. The van der Waals surface area contributed by atoms with E-state index in [2.05, 4.69) is 41.5 Å². The molecule has 0 heteroatoms. The van der Waals surface area contributed by atoms with Gasteiger partial charge in [-0.05, 0) is 38.5 Å². The van der Waals surface area contributed by atoms with Crippen LogP contribution in [0.4, 0.5) is 0 Å². The normalized spacial score (nSPS) is 25.0.